The van der Waals surface area contributed by atoms with Crippen molar-refractivity contribution in [1.29, 1.82) is 0 Å². The molecule has 2 nitrogen and oxygen atoms in total. The molecular weight excluding hydrogens is 172 g/mol. The predicted octanol–water partition coefficient (Wildman–Crippen LogP) is 1.60. The number of nitrogens with two attached hydrogens (primary N) is 1. The van der Waals surface area contributed by atoms with Crippen molar-refractivity contribution >= 4 is 0 Å². The van der Waals surface area contributed by atoms with Crippen LogP contribution in [0.25, 0.3) is 0 Å². The molecule has 0 aromatic heterocycles. The Hall–Kier alpha value is -0.0800. The average Bonchev–Trinajstić information content (AvgIpc) is 2.72. The molecule has 0 radical (unpaired) electrons. The minimum atomic E-state index is 0.501. The Labute approximate surface area is 86.8 Å². The lowest BCUT2D eigenvalue weighted by molar-refractivity contribution is 0.0670. The molecule has 2 bridgehead atoms. The van der Waals surface area contributed by atoms with Gasteiger partial charge in [-0.2, -0.15) is 0 Å². The summed E-state index contributed by atoms with van der Waals surface area (Å²) >= 11 is 0. The van der Waals surface area contributed by atoms with Gasteiger partial charge < -0.3 is 10.6 Å². The molecule has 2 N–H and O–H groups in total. The number of hydrogen-bond acceptors (Lipinski definition) is 2. The van der Waals surface area contributed by atoms with Gasteiger partial charge in [-0.15, -0.1) is 0 Å². The lowest BCUT2D eigenvalue weighted by atomic mass is 9.83. The summed E-state index contributed by atoms with van der Waals surface area (Å²) in [6, 6.07) is 2.22. The van der Waals surface area contributed by atoms with E-state index in [9.17, 15) is 0 Å². The molecule has 0 aromatic rings. The van der Waals surface area contributed by atoms with Crippen LogP contribution >= 0.6 is 0 Å². The van der Waals surface area contributed by atoms with E-state index >= 15 is 0 Å². The van der Waals surface area contributed by atoms with Crippen molar-refractivity contribution in [3.05, 3.63) is 0 Å². The first kappa shape index (κ1) is 9.17. The summed E-state index contributed by atoms with van der Waals surface area (Å²) in [6.07, 6.45) is 8.49. The largest absolute Gasteiger partial charge is 0.328 e. The molecule has 0 amide bonds. The third kappa shape index (κ3) is 1.31. The molecule has 3 saturated carbocycles. The summed E-state index contributed by atoms with van der Waals surface area (Å²) in [5.41, 5.74) is 5.85. The Kier molecular flexibility index (Phi) is 2.10. The smallest absolute Gasteiger partial charge is 0.0126 e. The minimum Gasteiger partial charge on any atom is -0.328 e. The van der Waals surface area contributed by atoms with Crippen molar-refractivity contribution in [1.82, 2.24) is 4.90 Å². The SMILES string of the molecule is CN(C1CC(N)C1)C1CC2CCC1C2. The molecule has 14 heavy (non-hydrogen) atoms. The van der Waals surface area contributed by atoms with Crippen LogP contribution in [-0.4, -0.2) is 30.1 Å². The number of hydrogen-bond donors (Lipinski definition) is 1. The molecule has 3 rings (SSSR count). The van der Waals surface area contributed by atoms with Crippen LogP contribution in [0.5, 0.6) is 0 Å². The van der Waals surface area contributed by atoms with E-state index in [1.165, 1.54) is 38.5 Å². The highest BCUT2D eigenvalue weighted by Gasteiger charge is 2.44. The quantitative estimate of drug-likeness (QED) is 0.723. The van der Waals surface area contributed by atoms with Crippen molar-refractivity contribution < 1.29 is 0 Å². The van der Waals surface area contributed by atoms with Gasteiger partial charge in [-0.3, -0.25) is 0 Å². The van der Waals surface area contributed by atoms with Crippen molar-refractivity contribution in [2.24, 2.45) is 17.6 Å². The van der Waals surface area contributed by atoms with Gasteiger partial charge in [0.05, 0.1) is 0 Å². The van der Waals surface area contributed by atoms with Crippen LogP contribution in [0.4, 0.5) is 0 Å². The van der Waals surface area contributed by atoms with Gasteiger partial charge in [-0.05, 0) is 51.0 Å². The van der Waals surface area contributed by atoms with Gasteiger partial charge in [0.1, 0.15) is 0 Å². The van der Waals surface area contributed by atoms with E-state index in [4.69, 9.17) is 5.73 Å². The average molecular weight is 194 g/mol. The predicted molar refractivity (Wildman–Crippen MR) is 58.0 cm³/mol. The number of fused-ring (bicyclic) bond motifs is 2. The fourth-order valence-electron chi connectivity index (χ4n) is 3.94. The van der Waals surface area contributed by atoms with Gasteiger partial charge in [0.2, 0.25) is 0 Å². The normalized spacial score (nSPS) is 51.2. The lowest BCUT2D eigenvalue weighted by Crippen LogP contribution is -2.53. The summed E-state index contributed by atoms with van der Waals surface area (Å²) in [5, 5.41) is 0. The van der Waals surface area contributed by atoms with E-state index in [0.29, 0.717) is 6.04 Å². The first-order chi connectivity index (χ1) is 6.74. The Bertz CT molecular complexity index is 222. The molecule has 0 aromatic carbocycles. The zero-order chi connectivity index (χ0) is 9.71. The molecule has 0 aliphatic heterocycles. The molecule has 2 heteroatoms. The van der Waals surface area contributed by atoms with E-state index in [1.807, 2.05) is 0 Å². The fourth-order valence-corrected chi connectivity index (χ4v) is 3.94. The maximum atomic E-state index is 5.85. The summed E-state index contributed by atoms with van der Waals surface area (Å²) in [7, 11) is 2.34. The lowest BCUT2D eigenvalue weighted by Gasteiger charge is -2.44. The molecule has 3 atom stereocenters. The van der Waals surface area contributed by atoms with Crippen LogP contribution in [0.1, 0.15) is 38.5 Å². The minimum absolute atomic E-state index is 0.501. The fraction of sp³-hybridized carbons (Fsp3) is 1.00. The topological polar surface area (TPSA) is 29.3 Å². The Morgan fingerprint density at radius 2 is 1.86 bits per heavy atom. The molecular formula is C12H22N2. The molecule has 0 saturated heterocycles. The van der Waals surface area contributed by atoms with Gasteiger partial charge in [-0.25, -0.2) is 0 Å². The molecule has 80 valence electrons. The molecule has 3 unspecified atom stereocenters. The highest BCUT2D eigenvalue weighted by Crippen LogP contribution is 2.47. The third-order valence-corrected chi connectivity index (χ3v) is 4.95. The van der Waals surface area contributed by atoms with Gasteiger partial charge in [0.25, 0.3) is 0 Å². The van der Waals surface area contributed by atoms with Crippen molar-refractivity contribution in [3.63, 3.8) is 0 Å². The zero-order valence-corrected chi connectivity index (χ0v) is 9.15. The van der Waals surface area contributed by atoms with Gasteiger partial charge in [0, 0.05) is 18.1 Å². The van der Waals surface area contributed by atoms with Crippen molar-refractivity contribution in [3.8, 4) is 0 Å². The second-order valence-electron chi connectivity index (χ2n) is 5.79. The van der Waals surface area contributed by atoms with Crippen LogP contribution in [0, 0.1) is 11.8 Å². The molecule has 3 fully saturated rings. The standard InChI is InChI=1S/C12H22N2/c1-14(11-6-10(13)7-11)12-5-8-2-3-9(12)4-8/h8-12H,2-7,13H2,1H3. The summed E-state index contributed by atoms with van der Waals surface area (Å²) in [4.78, 5) is 2.66. The number of nitrogens with zero attached hydrogens (tertiary/aromatic N) is 1. The highest BCUT2D eigenvalue weighted by atomic mass is 15.2. The first-order valence-corrected chi connectivity index (χ1v) is 6.21. The van der Waals surface area contributed by atoms with Crippen molar-refractivity contribution in [2.45, 2.75) is 56.7 Å². The summed E-state index contributed by atoms with van der Waals surface area (Å²) in [5.74, 6) is 2.10. The second-order valence-corrected chi connectivity index (χ2v) is 5.79. The maximum absolute atomic E-state index is 5.85. The first-order valence-electron chi connectivity index (χ1n) is 6.21. The zero-order valence-electron chi connectivity index (χ0n) is 9.15. The van der Waals surface area contributed by atoms with E-state index in [1.54, 1.807) is 0 Å². The monoisotopic (exact) mass is 194 g/mol. The van der Waals surface area contributed by atoms with E-state index in [0.717, 1.165) is 23.9 Å². The molecule has 0 heterocycles. The molecule has 3 aliphatic rings. The maximum Gasteiger partial charge on any atom is 0.0126 e. The van der Waals surface area contributed by atoms with Crippen LogP contribution < -0.4 is 5.73 Å². The van der Waals surface area contributed by atoms with Crippen LogP contribution in [0.15, 0.2) is 0 Å². The van der Waals surface area contributed by atoms with Crippen LogP contribution in [0.2, 0.25) is 0 Å². The Morgan fingerprint density at radius 3 is 2.36 bits per heavy atom. The third-order valence-electron chi connectivity index (χ3n) is 4.95. The highest BCUT2D eigenvalue weighted by molar-refractivity contribution is 4.99. The summed E-state index contributed by atoms with van der Waals surface area (Å²) in [6.45, 7) is 0. The van der Waals surface area contributed by atoms with E-state index < -0.39 is 0 Å². The van der Waals surface area contributed by atoms with Gasteiger partial charge in [0.15, 0.2) is 0 Å². The number of rotatable bonds is 2. The molecule has 0 spiro atoms. The van der Waals surface area contributed by atoms with Crippen molar-refractivity contribution in [2.75, 3.05) is 7.05 Å². The Morgan fingerprint density at radius 1 is 1.07 bits per heavy atom. The second kappa shape index (κ2) is 3.21. The Balaban J connectivity index is 1.60. The van der Waals surface area contributed by atoms with Crippen LogP contribution in [0.3, 0.4) is 0 Å². The van der Waals surface area contributed by atoms with Gasteiger partial charge >= 0.3 is 0 Å². The van der Waals surface area contributed by atoms with E-state index in [-0.39, 0.29) is 0 Å². The van der Waals surface area contributed by atoms with E-state index in [2.05, 4.69) is 11.9 Å². The summed E-state index contributed by atoms with van der Waals surface area (Å²) < 4.78 is 0. The molecule has 3 aliphatic carbocycles. The van der Waals surface area contributed by atoms with Gasteiger partial charge in [-0.1, -0.05) is 6.42 Å². The van der Waals surface area contributed by atoms with Crippen LogP contribution in [-0.2, 0) is 0 Å².